The van der Waals surface area contributed by atoms with Crippen LogP contribution in [-0.4, -0.2) is 17.4 Å². The standard InChI is InChI=1S/C8H8N2O3/c9-8(13)10-6-2-1-5(4-11)3-7(6)12/h1-4,12H,(H3,9,10,13). The van der Waals surface area contributed by atoms with Gasteiger partial charge in [-0.3, -0.25) is 4.79 Å². The van der Waals surface area contributed by atoms with Crippen molar-refractivity contribution in [2.75, 3.05) is 5.32 Å². The van der Waals surface area contributed by atoms with Crippen LogP contribution < -0.4 is 11.1 Å². The van der Waals surface area contributed by atoms with Crippen LogP contribution >= 0.6 is 0 Å². The number of amides is 2. The lowest BCUT2D eigenvalue weighted by atomic mass is 10.2. The predicted octanol–water partition coefficient (Wildman–Crippen LogP) is 0.695. The summed E-state index contributed by atoms with van der Waals surface area (Å²) in [6, 6.07) is 3.31. The van der Waals surface area contributed by atoms with Gasteiger partial charge in [0.15, 0.2) is 0 Å². The third kappa shape index (κ3) is 2.19. The van der Waals surface area contributed by atoms with Gasteiger partial charge in [-0.05, 0) is 18.2 Å². The maximum absolute atomic E-state index is 10.4. The van der Waals surface area contributed by atoms with Gasteiger partial charge in [-0.15, -0.1) is 0 Å². The summed E-state index contributed by atoms with van der Waals surface area (Å²) in [7, 11) is 0. The molecule has 0 radical (unpaired) electrons. The van der Waals surface area contributed by atoms with Gasteiger partial charge in [0, 0.05) is 5.56 Å². The van der Waals surface area contributed by atoms with Gasteiger partial charge in [0.25, 0.3) is 0 Å². The number of urea groups is 1. The SMILES string of the molecule is NC(=O)Nc1ccc(C=O)cc1O. The second kappa shape index (κ2) is 3.57. The summed E-state index contributed by atoms with van der Waals surface area (Å²) in [5.41, 5.74) is 5.34. The van der Waals surface area contributed by atoms with Crippen LogP contribution in [0.3, 0.4) is 0 Å². The average molecular weight is 180 g/mol. The molecule has 0 aliphatic rings. The van der Waals surface area contributed by atoms with E-state index in [2.05, 4.69) is 5.32 Å². The van der Waals surface area contributed by atoms with Crippen molar-refractivity contribution in [1.82, 2.24) is 0 Å². The lowest BCUT2D eigenvalue weighted by Gasteiger charge is -2.03. The molecule has 13 heavy (non-hydrogen) atoms. The molecule has 0 bridgehead atoms. The molecule has 0 unspecified atom stereocenters. The van der Waals surface area contributed by atoms with Gasteiger partial charge in [0.1, 0.15) is 12.0 Å². The number of carbonyl (C=O) groups is 2. The zero-order chi connectivity index (χ0) is 9.84. The fraction of sp³-hybridized carbons (Fsp3) is 0. The molecular formula is C8H8N2O3. The summed E-state index contributed by atoms with van der Waals surface area (Å²) >= 11 is 0. The van der Waals surface area contributed by atoms with E-state index in [4.69, 9.17) is 5.73 Å². The summed E-state index contributed by atoms with van der Waals surface area (Å²) in [6.07, 6.45) is 0.591. The monoisotopic (exact) mass is 180 g/mol. The van der Waals surface area contributed by atoms with Gasteiger partial charge in [-0.25, -0.2) is 4.79 Å². The molecule has 5 heteroatoms. The third-order valence-corrected chi connectivity index (χ3v) is 1.42. The van der Waals surface area contributed by atoms with E-state index < -0.39 is 6.03 Å². The Bertz CT molecular complexity index is 349. The first-order valence-electron chi connectivity index (χ1n) is 3.48. The zero-order valence-corrected chi connectivity index (χ0v) is 6.65. The molecular weight excluding hydrogens is 172 g/mol. The number of nitrogens with two attached hydrogens (primary N) is 1. The molecule has 0 atom stereocenters. The summed E-state index contributed by atoms with van der Waals surface area (Å²) in [5.74, 6) is -0.191. The highest BCUT2D eigenvalue weighted by Crippen LogP contribution is 2.23. The smallest absolute Gasteiger partial charge is 0.316 e. The van der Waals surface area contributed by atoms with Crippen molar-refractivity contribution in [3.05, 3.63) is 23.8 Å². The van der Waals surface area contributed by atoms with Crippen LogP contribution in [0.4, 0.5) is 10.5 Å². The number of aldehydes is 1. The van der Waals surface area contributed by atoms with E-state index in [1.807, 2.05) is 0 Å². The molecule has 0 saturated carbocycles. The van der Waals surface area contributed by atoms with Crippen LogP contribution in [0.25, 0.3) is 0 Å². The van der Waals surface area contributed by atoms with E-state index in [1.165, 1.54) is 18.2 Å². The minimum Gasteiger partial charge on any atom is -0.506 e. The molecule has 2 amide bonds. The number of benzene rings is 1. The van der Waals surface area contributed by atoms with Crippen LogP contribution in [0.1, 0.15) is 10.4 Å². The van der Waals surface area contributed by atoms with Crippen molar-refractivity contribution >= 4 is 18.0 Å². The Morgan fingerprint density at radius 1 is 1.54 bits per heavy atom. The van der Waals surface area contributed by atoms with Gasteiger partial charge < -0.3 is 16.2 Å². The van der Waals surface area contributed by atoms with E-state index >= 15 is 0 Å². The topological polar surface area (TPSA) is 92.4 Å². The second-order valence-corrected chi connectivity index (χ2v) is 2.38. The predicted molar refractivity (Wildman–Crippen MR) is 46.7 cm³/mol. The first-order chi connectivity index (χ1) is 6.13. The van der Waals surface area contributed by atoms with Crippen LogP contribution in [0, 0.1) is 0 Å². The molecule has 5 nitrogen and oxygen atoms in total. The number of phenols is 1. The number of rotatable bonds is 2. The van der Waals surface area contributed by atoms with Crippen LogP contribution in [-0.2, 0) is 0 Å². The highest BCUT2D eigenvalue weighted by Gasteiger charge is 2.03. The van der Waals surface area contributed by atoms with Crippen molar-refractivity contribution in [1.29, 1.82) is 0 Å². The number of anilines is 1. The Morgan fingerprint density at radius 2 is 2.23 bits per heavy atom. The minimum atomic E-state index is -0.769. The molecule has 0 aliphatic carbocycles. The Morgan fingerprint density at radius 3 is 2.69 bits per heavy atom. The first-order valence-corrected chi connectivity index (χ1v) is 3.48. The van der Waals surface area contributed by atoms with Crippen molar-refractivity contribution in [2.24, 2.45) is 5.73 Å². The Hall–Kier alpha value is -2.04. The highest BCUT2D eigenvalue weighted by molar-refractivity contribution is 5.90. The van der Waals surface area contributed by atoms with Crippen molar-refractivity contribution in [3.63, 3.8) is 0 Å². The third-order valence-electron chi connectivity index (χ3n) is 1.42. The molecule has 0 spiro atoms. The molecule has 68 valence electrons. The maximum Gasteiger partial charge on any atom is 0.316 e. The molecule has 0 aliphatic heterocycles. The maximum atomic E-state index is 10.4. The fourth-order valence-electron chi connectivity index (χ4n) is 0.860. The van der Waals surface area contributed by atoms with E-state index in [0.29, 0.717) is 11.8 Å². The van der Waals surface area contributed by atoms with Crippen LogP contribution in [0.5, 0.6) is 5.75 Å². The number of hydrogen-bond acceptors (Lipinski definition) is 3. The largest absolute Gasteiger partial charge is 0.506 e. The number of carbonyl (C=O) groups excluding carboxylic acids is 2. The van der Waals surface area contributed by atoms with Crippen molar-refractivity contribution in [3.8, 4) is 5.75 Å². The summed E-state index contributed by atoms with van der Waals surface area (Å²) in [6.45, 7) is 0. The molecule has 0 saturated heterocycles. The second-order valence-electron chi connectivity index (χ2n) is 2.38. The van der Waals surface area contributed by atoms with Gasteiger partial charge in [-0.1, -0.05) is 0 Å². The molecule has 0 fully saturated rings. The molecule has 0 aromatic heterocycles. The number of nitrogens with one attached hydrogen (secondary N) is 1. The van der Waals surface area contributed by atoms with Gasteiger partial charge in [0.2, 0.25) is 0 Å². The summed E-state index contributed by atoms with van der Waals surface area (Å²) in [5, 5.41) is 11.4. The van der Waals surface area contributed by atoms with Crippen molar-refractivity contribution < 1.29 is 14.7 Å². The molecule has 1 aromatic rings. The van der Waals surface area contributed by atoms with E-state index in [-0.39, 0.29) is 11.4 Å². The lowest BCUT2D eigenvalue weighted by molar-refractivity contribution is 0.112. The number of primary amides is 1. The molecule has 1 aromatic carbocycles. The Labute approximate surface area is 74.2 Å². The Kier molecular flexibility index (Phi) is 2.49. The Balaban J connectivity index is 2.98. The molecule has 0 heterocycles. The molecule has 4 N–H and O–H groups in total. The first kappa shape index (κ1) is 9.05. The minimum absolute atomic E-state index is 0.179. The molecule has 1 rings (SSSR count). The zero-order valence-electron chi connectivity index (χ0n) is 6.65. The van der Waals surface area contributed by atoms with Crippen molar-refractivity contribution in [2.45, 2.75) is 0 Å². The summed E-state index contributed by atoms with van der Waals surface area (Å²) in [4.78, 5) is 20.7. The van der Waals surface area contributed by atoms with Gasteiger partial charge in [-0.2, -0.15) is 0 Å². The van der Waals surface area contributed by atoms with Crippen LogP contribution in [0.15, 0.2) is 18.2 Å². The van der Waals surface area contributed by atoms with E-state index in [1.54, 1.807) is 0 Å². The number of phenolic OH excluding ortho intramolecular Hbond substituents is 1. The van der Waals surface area contributed by atoms with Crippen LogP contribution in [0.2, 0.25) is 0 Å². The van der Waals surface area contributed by atoms with Gasteiger partial charge >= 0.3 is 6.03 Å². The fourth-order valence-corrected chi connectivity index (χ4v) is 0.860. The number of hydrogen-bond donors (Lipinski definition) is 3. The lowest BCUT2D eigenvalue weighted by Crippen LogP contribution is -2.19. The average Bonchev–Trinajstić information content (AvgIpc) is 2.08. The van der Waals surface area contributed by atoms with Gasteiger partial charge in [0.05, 0.1) is 5.69 Å². The highest BCUT2D eigenvalue weighted by atomic mass is 16.3. The number of aromatic hydroxyl groups is 1. The van der Waals surface area contributed by atoms with E-state index in [9.17, 15) is 14.7 Å². The normalized spacial score (nSPS) is 9.23. The van der Waals surface area contributed by atoms with E-state index in [0.717, 1.165) is 0 Å². The quantitative estimate of drug-likeness (QED) is 0.462. The summed E-state index contributed by atoms with van der Waals surface area (Å²) < 4.78 is 0.